The highest BCUT2D eigenvalue weighted by Crippen LogP contribution is 2.23. The van der Waals surface area contributed by atoms with Crippen molar-refractivity contribution >= 4 is 11.8 Å². The number of thioether (sulfide) groups is 1. The van der Waals surface area contributed by atoms with Crippen LogP contribution in [0.2, 0.25) is 0 Å². The van der Waals surface area contributed by atoms with Crippen LogP contribution in [0, 0.1) is 0 Å². The van der Waals surface area contributed by atoms with E-state index in [4.69, 9.17) is 5.73 Å². The van der Waals surface area contributed by atoms with Crippen LogP contribution in [0.4, 0.5) is 0 Å². The maximum Gasteiger partial charge on any atom is 0.209 e. The normalized spacial score (nSPS) is 13.2. The zero-order valence-corrected chi connectivity index (χ0v) is 8.79. The number of rotatable bonds is 5. The Morgan fingerprint density at radius 2 is 2.38 bits per heavy atom. The van der Waals surface area contributed by atoms with Gasteiger partial charge in [-0.1, -0.05) is 18.7 Å². The van der Waals surface area contributed by atoms with Crippen molar-refractivity contribution in [1.82, 2.24) is 20.2 Å². The van der Waals surface area contributed by atoms with Crippen molar-refractivity contribution in [3.8, 4) is 0 Å². The molecule has 0 fully saturated rings. The maximum absolute atomic E-state index is 5.50. The molecule has 0 aliphatic heterocycles. The van der Waals surface area contributed by atoms with Crippen LogP contribution in [0.5, 0.6) is 0 Å². The van der Waals surface area contributed by atoms with E-state index in [0.717, 1.165) is 24.5 Å². The number of nitrogens with two attached hydrogens (primary N) is 1. The summed E-state index contributed by atoms with van der Waals surface area (Å²) in [5, 5.41) is 12.6. The minimum absolute atomic E-state index is 0.523. The van der Waals surface area contributed by atoms with E-state index in [1.165, 1.54) is 0 Å². The van der Waals surface area contributed by atoms with Crippen LogP contribution >= 0.6 is 11.8 Å². The average Bonchev–Trinajstić information content (AvgIpc) is 2.51. The van der Waals surface area contributed by atoms with Gasteiger partial charge in [-0.2, -0.15) is 0 Å². The Balaban J connectivity index is 2.51. The molecule has 5 nitrogen and oxygen atoms in total. The van der Waals surface area contributed by atoms with Crippen molar-refractivity contribution in [3.05, 3.63) is 0 Å². The van der Waals surface area contributed by atoms with E-state index in [-0.39, 0.29) is 0 Å². The molecular formula is C7H15N5S. The average molecular weight is 201 g/mol. The molecule has 0 aliphatic rings. The van der Waals surface area contributed by atoms with Gasteiger partial charge in [0, 0.05) is 12.3 Å². The van der Waals surface area contributed by atoms with E-state index in [1.54, 1.807) is 16.4 Å². The lowest BCUT2D eigenvalue weighted by Gasteiger charge is -2.10. The molecule has 0 saturated heterocycles. The Hall–Kier alpha value is -0.620. The molecule has 0 aliphatic carbocycles. The first-order chi connectivity index (χ1) is 6.27. The Bertz CT molecular complexity index is 249. The number of aromatic nitrogens is 4. The Kier molecular flexibility index (Phi) is 4.17. The van der Waals surface area contributed by atoms with E-state index in [1.807, 2.05) is 7.05 Å². The van der Waals surface area contributed by atoms with E-state index in [0.29, 0.717) is 5.25 Å². The first kappa shape index (κ1) is 10.5. The monoisotopic (exact) mass is 201 g/mol. The fourth-order valence-corrected chi connectivity index (χ4v) is 1.99. The molecule has 0 bridgehead atoms. The summed E-state index contributed by atoms with van der Waals surface area (Å²) in [6.07, 6.45) is 2.10. The van der Waals surface area contributed by atoms with Gasteiger partial charge < -0.3 is 5.73 Å². The summed E-state index contributed by atoms with van der Waals surface area (Å²) in [7, 11) is 1.84. The largest absolute Gasteiger partial charge is 0.330 e. The smallest absolute Gasteiger partial charge is 0.209 e. The second-order valence-corrected chi connectivity index (χ2v) is 4.08. The summed E-state index contributed by atoms with van der Waals surface area (Å²) in [5.41, 5.74) is 5.50. The van der Waals surface area contributed by atoms with Crippen molar-refractivity contribution in [2.24, 2.45) is 12.8 Å². The molecule has 0 radical (unpaired) electrons. The molecular weight excluding hydrogens is 186 g/mol. The summed E-state index contributed by atoms with van der Waals surface area (Å²) < 4.78 is 1.68. The number of nitrogens with zero attached hydrogens (tertiary/aromatic N) is 4. The van der Waals surface area contributed by atoms with Crippen LogP contribution in [0.3, 0.4) is 0 Å². The summed E-state index contributed by atoms with van der Waals surface area (Å²) in [5.74, 6) is 0. The van der Waals surface area contributed by atoms with Gasteiger partial charge in [-0.15, -0.1) is 5.10 Å². The molecule has 6 heteroatoms. The summed E-state index contributed by atoms with van der Waals surface area (Å²) in [6, 6.07) is 0. The molecule has 1 atom stereocenters. The molecule has 1 rings (SSSR count). The number of tetrazole rings is 1. The first-order valence-corrected chi connectivity index (χ1v) is 5.25. The zero-order valence-electron chi connectivity index (χ0n) is 7.97. The number of hydrogen-bond acceptors (Lipinski definition) is 5. The zero-order chi connectivity index (χ0) is 9.68. The van der Waals surface area contributed by atoms with Crippen molar-refractivity contribution in [1.29, 1.82) is 0 Å². The fraction of sp³-hybridized carbons (Fsp3) is 0.857. The number of aryl methyl sites for hydroxylation is 1. The minimum atomic E-state index is 0.523. The third-order valence-corrected chi connectivity index (χ3v) is 3.26. The lowest BCUT2D eigenvalue weighted by atomic mass is 10.2. The van der Waals surface area contributed by atoms with E-state index in [2.05, 4.69) is 22.4 Å². The maximum atomic E-state index is 5.50. The topological polar surface area (TPSA) is 69.6 Å². The molecule has 1 aromatic heterocycles. The van der Waals surface area contributed by atoms with Crippen LogP contribution in [-0.2, 0) is 7.05 Å². The van der Waals surface area contributed by atoms with Gasteiger partial charge in [0.15, 0.2) is 0 Å². The molecule has 2 N–H and O–H groups in total. The fourth-order valence-electron chi connectivity index (χ4n) is 1.00. The lowest BCUT2D eigenvalue weighted by Crippen LogP contribution is -2.10. The summed E-state index contributed by atoms with van der Waals surface area (Å²) in [4.78, 5) is 0. The quantitative estimate of drug-likeness (QED) is 0.700. The first-order valence-electron chi connectivity index (χ1n) is 4.37. The highest BCUT2D eigenvalue weighted by molar-refractivity contribution is 7.99. The minimum Gasteiger partial charge on any atom is -0.330 e. The van der Waals surface area contributed by atoms with Crippen LogP contribution in [0.1, 0.15) is 19.8 Å². The summed E-state index contributed by atoms with van der Waals surface area (Å²) in [6.45, 7) is 2.87. The standard InChI is InChI=1S/C7H15N5S/c1-3-6(4-5-8)13-7-9-10-11-12(7)2/h6H,3-5,8H2,1-2H3. The van der Waals surface area contributed by atoms with Crippen LogP contribution < -0.4 is 5.73 Å². The van der Waals surface area contributed by atoms with Crippen LogP contribution in [0.25, 0.3) is 0 Å². The van der Waals surface area contributed by atoms with Crippen molar-refractivity contribution in [2.45, 2.75) is 30.2 Å². The Morgan fingerprint density at radius 1 is 1.62 bits per heavy atom. The van der Waals surface area contributed by atoms with E-state index in [9.17, 15) is 0 Å². The predicted molar refractivity (Wildman–Crippen MR) is 52.4 cm³/mol. The van der Waals surface area contributed by atoms with Gasteiger partial charge in [0.1, 0.15) is 0 Å². The highest BCUT2D eigenvalue weighted by Gasteiger charge is 2.11. The van der Waals surface area contributed by atoms with E-state index >= 15 is 0 Å². The van der Waals surface area contributed by atoms with Crippen molar-refractivity contribution in [2.75, 3.05) is 6.54 Å². The van der Waals surface area contributed by atoms with Gasteiger partial charge in [0.05, 0.1) is 0 Å². The van der Waals surface area contributed by atoms with Crippen molar-refractivity contribution < 1.29 is 0 Å². The van der Waals surface area contributed by atoms with Gasteiger partial charge in [-0.3, -0.25) is 0 Å². The molecule has 0 spiro atoms. The molecule has 1 unspecified atom stereocenters. The second-order valence-electron chi connectivity index (χ2n) is 2.81. The van der Waals surface area contributed by atoms with Gasteiger partial charge in [-0.05, 0) is 29.8 Å². The molecule has 74 valence electrons. The molecule has 13 heavy (non-hydrogen) atoms. The predicted octanol–water partition coefficient (Wildman–Crippen LogP) is 0.430. The van der Waals surface area contributed by atoms with E-state index < -0.39 is 0 Å². The molecule has 0 aromatic carbocycles. The number of hydrogen-bond donors (Lipinski definition) is 1. The van der Waals surface area contributed by atoms with Gasteiger partial charge >= 0.3 is 0 Å². The third-order valence-electron chi connectivity index (χ3n) is 1.80. The van der Waals surface area contributed by atoms with Crippen LogP contribution in [-0.4, -0.2) is 32.0 Å². The molecule has 0 amide bonds. The highest BCUT2D eigenvalue weighted by atomic mass is 32.2. The molecule has 0 saturated carbocycles. The molecule has 1 heterocycles. The Labute approximate surface area is 82.1 Å². The van der Waals surface area contributed by atoms with Gasteiger partial charge in [0.2, 0.25) is 5.16 Å². The van der Waals surface area contributed by atoms with Crippen LogP contribution in [0.15, 0.2) is 5.16 Å². The third kappa shape index (κ3) is 2.96. The second kappa shape index (κ2) is 5.18. The van der Waals surface area contributed by atoms with Crippen molar-refractivity contribution in [3.63, 3.8) is 0 Å². The summed E-state index contributed by atoms with van der Waals surface area (Å²) >= 11 is 1.69. The SMILES string of the molecule is CCC(CCN)Sc1nnnn1C. The lowest BCUT2D eigenvalue weighted by molar-refractivity contribution is 0.659. The van der Waals surface area contributed by atoms with Gasteiger partial charge in [0.25, 0.3) is 0 Å². The molecule has 1 aromatic rings. The Morgan fingerprint density at radius 3 is 2.85 bits per heavy atom. The van der Waals surface area contributed by atoms with Gasteiger partial charge in [-0.25, -0.2) is 4.68 Å².